The standard InChI is InChI=1S/C29H32N6O/c30-23-21-11-5-4-8-19(21)18-28(23)14-16-35(17-15-28)27-31-25-22(26(36)32-27)24(33-34-25)29(12-6-7-13-29)20-9-2-1-3-10-20/h1-5,8-11,23H,6-7,12-18,30H2,(H2,31,32,33,34,36)/t23-/m1/s1. The van der Waals surface area contributed by atoms with Gasteiger partial charge in [0.1, 0.15) is 5.39 Å². The van der Waals surface area contributed by atoms with Crippen molar-refractivity contribution in [2.45, 2.75) is 56.4 Å². The van der Waals surface area contributed by atoms with Crippen LogP contribution in [0.5, 0.6) is 0 Å². The van der Waals surface area contributed by atoms with E-state index in [1.54, 1.807) is 0 Å². The maximum atomic E-state index is 13.5. The Morgan fingerprint density at radius 3 is 2.42 bits per heavy atom. The number of fused-ring (bicyclic) bond motifs is 2. The van der Waals surface area contributed by atoms with E-state index in [-0.39, 0.29) is 22.4 Å². The van der Waals surface area contributed by atoms with Gasteiger partial charge < -0.3 is 10.6 Å². The summed E-state index contributed by atoms with van der Waals surface area (Å²) >= 11 is 0. The quantitative estimate of drug-likeness (QED) is 0.404. The first-order chi connectivity index (χ1) is 17.6. The summed E-state index contributed by atoms with van der Waals surface area (Å²) in [6.45, 7) is 1.65. The molecule has 2 aliphatic carbocycles. The summed E-state index contributed by atoms with van der Waals surface area (Å²) in [5.74, 6) is 0.627. The third-order valence-electron chi connectivity index (χ3n) is 9.31. The van der Waals surface area contributed by atoms with Crippen molar-refractivity contribution in [1.29, 1.82) is 0 Å². The minimum absolute atomic E-state index is 0.0705. The van der Waals surface area contributed by atoms with Gasteiger partial charge in [-0.15, -0.1) is 0 Å². The maximum Gasteiger partial charge on any atom is 0.263 e. The molecule has 1 saturated heterocycles. The molecule has 7 nitrogen and oxygen atoms in total. The summed E-state index contributed by atoms with van der Waals surface area (Å²) in [5, 5.41) is 8.44. The number of rotatable bonds is 3. The molecule has 3 aliphatic rings. The number of nitrogens with zero attached hydrogens (tertiary/aromatic N) is 3. The second-order valence-corrected chi connectivity index (χ2v) is 11.0. The first kappa shape index (κ1) is 21.8. The first-order valence-corrected chi connectivity index (χ1v) is 13.2. The lowest BCUT2D eigenvalue weighted by Gasteiger charge is -2.42. The van der Waals surface area contributed by atoms with Crippen molar-refractivity contribution in [2.24, 2.45) is 11.1 Å². The lowest BCUT2D eigenvalue weighted by atomic mass is 9.73. The number of nitrogens with two attached hydrogens (primary N) is 1. The Labute approximate surface area is 210 Å². The molecule has 0 amide bonds. The highest BCUT2D eigenvalue weighted by Crippen LogP contribution is 2.51. The van der Waals surface area contributed by atoms with Crippen LogP contribution < -0.4 is 16.2 Å². The largest absolute Gasteiger partial charge is 0.342 e. The lowest BCUT2D eigenvalue weighted by Crippen LogP contribution is -2.45. The van der Waals surface area contributed by atoms with Crippen LogP contribution in [0, 0.1) is 5.41 Å². The normalized spacial score (nSPS) is 22.4. The fraction of sp³-hybridized carbons (Fsp3) is 0.414. The molecule has 7 rings (SSSR count). The predicted molar refractivity (Wildman–Crippen MR) is 141 cm³/mol. The molecule has 0 radical (unpaired) electrons. The molecule has 184 valence electrons. The van der Waals surface area contributed by atoms with Crippen LogP contribution in [0.3, 0.4) is 0 Å². The summed E-state index contributed by atoms with van der Waals surface area (Å²) in [5.41, 5.74) is 11.8. The molecule has 4 aromatic rings. The average molecular weight is 481 g/mol. The number of piperidine rings is 1. The van der Waals surface area contributed by atoms with Gasteiger partial charge >= 0.3 is 0 Å². The second kappa shape index (κ2) is 8.03. The number of H-pyrrole nitrogens is 2. The van der Waals surface area contributed by atoms with Gasteiger partial charge in [-0.25, -0.2) is 0 Å². The van der Waals surface area contributed by atoms with Crippen LogP contribution in [-0.4, -0.2) is 33.3 Å². The monoisotopic (exact) mass is 480 g/mol. The highest BCUT2D eigenvalue weighted by molar-refractivity contribution is 5.80. The Morgan fingerprint density at radius 1 is 0.944 bits per heavy atom. The zero-order valence-electron chi connectivity index (χ0n) is 20.5. The molecule has 1 atom stereocenters. The van der Waals surface area contributed by atoms with Gasteiger partial charge in [-0.3, -0.25) is 14.9 Å². The molecular weight excluding hydrogens is 448 g/mol. The van der Waals surface area contributed by atoms with Crippen LogP contribution in [0.4, 0.5) is 5.95 Å². The van der Waals surface area contributed by atoms with Crippen molar-refractivity contribution >= 4 is 17.0 Å². The number of aromatic nitrogens is 4. The number of anilines is 1. The second-order valence-electron chi connectivity index (χ2n) is 11.0. The van der Waals surface area contributed by atoms with Gasteiger partial charge in [0.15, 0.2) is 5.65 Å². The minimum atomic E-state index is -0.235. The number of hydrogen-bond acceptors (Lipinski definition) is 5. The van der Waals surface area contributed by atoms with Crippen LogP contribution in [0.25, 0.3) is 11.0 Å². The van der Waals surface area contributed by atoms with E-state index in [0.29, 0.717) is 17.0 Å². The smallest absolute Gasteiger partial charge is 0.263 e. The Kier molecular flexibility index (Phi) is 4.86. The van der Waals surface area contributed by atoms with Gasteiger partial charge in [-0.1, -0.05) is 67.4 Å². The van der Waals surface area contributed by atoms with Gasteiger partial charge in [0.2, 0.25) is 5.95 Å². The molecule has 0 unspecified atom stereocenters. The Hall–Kier alpha value is -3.45. The summed E-state index contributed by atoms with van der Waals surface area (Å²) in [6.07, 6.45) is 7.25. The van der Waals surface area contributed by atoms with E-state index in [1.807, 2.05) is 6.07 Å². The SMILES string of the molecule is N[C@@H]1c2ccccc2CC12CCN(c1nc3[nH]nc(C4(c5ccccc5)CCCC4)c3c(=O)[nH]1)CC2. The van der Waals surface area contributed by atoms with Gasteiger partial charge in [-0.2, -0.15) is 10.1 Å². The van der Waals surface area contributed by atoms with E-state index in [1.165, 1.54) is 16.7 Å². The number of aromatic amines is 2. The van der Waals surface area contributed by atoms with Gasteiger partial charge in [0, 0.05) is 24.5 Å². The van der Waals surface area contributed by atoms with Gasteiger partial charge in [-0.05, 0) is 54.2 Å². The summed E-state index contributed by atoms with van der Waals surface area (Å²) in [4.78, 5) is 23.7. The third kappa shape index (κ3) is 3.11. The molecule has 2 aromatic carbocycles. The van der Waals surface area contributed by atoms with Crippen molar-refractivity contribution in [2.75, 3.05) is 18.0 Å². The number of nitrogens with one attached hydrogen (secondary N) is 2. The van der Waals surface area contributed by atoms with Crippen LogP contribution in [-0.2, 0) is 11.8 Å². The van der Waals surface area contributed by atoms with E-state index in [4.69, 9.17) is 15.8 Å². The van der Waals surface area contributed by atoms with Crippen molar-refractivity contribution < 1.29 is 0 Å². The zero-order valence-corrected chi connectivity index (χ0v) is 20.5. The predicted octanol–water partition coefficient (Wildman–Crippen LogP) is 4.35. The maximum absolute atomic E-state index is 13.5. The fourth-order valence-electron chi connectivity index (χ4n) is 7.29. The molecule has 0 bridgehead atoms. The average Bonchev–Trinajstić information content (AvgIpc) is 3.63. The van der Waals surface area contributed by atoms with Crippen molar-refractivity contribution in [1.82, 2.24) is 20.2 Å². The van der Waals surface area contributed by atoms with Gasteiger partial charge in [0.05, 0.1) is 5.69 Å². The number of benzene rings is 2. The van der Waals surface area contributed by atoms with Crippen molar-refractivity contribution in [3.05, 3.63) is 87.3 Å². The molecule has 4 N–H and O–H groups in total. The van der Waals surface area contributed by atoms with Crippen LogP contribution in [0.1, 0.15) is 67.0 Å². The third-order valence-corrected chi connectivity index (χ3v) is 9.31. The summed E-state index contributed by atoms with van der Waals surface area (Å²) in [6, 6.07) is 19.2. The molecule has 3 heterocycles. The molecule has 1 spiro atoms. The lowest BCUT2D eigenvalue weighted by molar-refractivity contribution is 0.187. The minimum Gasteiger partial charge on any atom is -0.342 e. The molecule has 2 aromatic heterocycles. The van der Waals surface area contributed by atoms with Crippen LogP contribution in [0.2, 0.25) is 0 Å². The topological polar surface area (TPSA) is 104 Å². The molecule has 1 aliphatic heterocycles. The van der Waals surface area contributed by atoms with Crippen LogP contribution in [0.15, 0.2) is 59.4 Å². The molecule has 36 heavy (non-hydrogen) atoms. The Morgan fingerprint density at radius 2 is 1.67 bits per heavy atom. The van der Waals surface area contributed by atoms with E-state index in [0.717, 1.165) is 63.7 Å². The molecule has 2 fully saturated rings. The summed E-state index contributed by atoms with van der Waals surface area (Å²) in [7, 11) is 0. The van der Waals surface area contributed by atoms with Crippen molar-refractivity contribution in [3.8, 4) is 0 Å². The highest BCUT2D eigenvalue weighted by Gasteiger charge is 2.46. The highest BCUT2D eigenvalue weighted by atomic mass is 16.1. The first-order valence-electron chi connectivity index (χ1n) is 13.2. The van der Waals surface area contributed by atoms with E-state index < -0.39 is 0 Å². The van der Waals surface area contributed by atoms with Gasteiger partial charge in [0.25, 0.3) is 5.56 Å². The van der Waals surface area contributed by atoms with E-state index in [9.17, 15) is 4.79 Å². The van der Waals surface area contributed by atoms with E-state index in [2.05, 4.69) is 63.5 Å². The Bertz CT molecular complexity index is 1470. The van der Waals surface area contributed by atoms with Crippen molar-refractivity contribution in [3.63, 3.8) is 0 Å². The molecule has 7 heteroatoms. The fourth-order valence-corrected chi connectivity index (χ4v) is 7.29. The summed E-state index contributed by atoms with van der Waals surface area (Å²) < 4.78 is 0. The number of hydrogen-bond donors (Lipinski definition) is 3. The zero-order chi connectivity index (χ0) is 24.3. The Balaban J connectivity index is 1.19. The molecular formula is C29H32N6O. The van der Waals surface area contributed by atoms with E-state index >= 15 is 0 Å². The van der Waals surface area contributed by atoms with Crippen LogP contribution >= 0.6 is 0 Å². The molecule has 1 saturated carbocycles.